The molecule has 0 unspecified atom stereocenters. The van der Waals surface area contributed by atoms with Crippen molar-refractivity contribution in [2.24, 2.45) is 0 Å². The van der Waals surface area contributed by atoms with Gasteiger partial charge in [0.15, 0.2) is 0 Å². The van der Waals surface area contributed by atoms with Gasteiger partial charge in [0.2, 0.25) is 5.88 Å². The third kappa shape index (κ3) is 3.28. The fourth-order valence-corrected chi connectivity index (χ4v) is 4.73. The van der Waals surface area contributed by atoms with Crippen LogP contribution in [0, 0.1) is 0 Å². The Morgan fingerprint density at radius 2 is 1.54 bits per heavy atom. The fourth-order valence-electron chi connectivity index (χ4n) is 3.02. The van der Waals surface area contributed by atoms with Crippen molar-refractivity contribution in [3.05, 3.63) is 83.4 Å². The van der Waals surface area contributed by atoms with Gasteiger partial charge in [0.25, 0.3) is 0 Å². The number of rotatable bonds is 5. The second-order valence-corrected chi connectivity index (χ2v) is 7.89. The molecule has 4 nitrogen and oxygen atoms in total. The SMILES string of the molecule is c1ccc(-c2nc(COc3ncnc4scc(-c5ccccc5)c34)cs2)cc1. The largest absolute Gasteiger partial charge is 0.471 e. The summed E-state index contributed by atoms with van der Waals surface area (Å²) < 4.78 is 6.07. The molecule has 0 N–H and O–H groups in total. The van der Waals surface area contributed by atoms with Gasteiger partial charge in [-0.05, 0) is 5.56 Å². The van der Waals surface area contributed by atoms with E-state index in [0.717, 1.165) is 37.6 Å². The summed E-state index contributed by atoms with van der Waals surface area (Å²) in [5.41, 5.74) is 4.24. The van der Waals surface area contributed by atoms with E-state index in [1.807, 2.05) is 41.8 Å². The number of fused-ring (bicyclic) bond motifs is 1. The predicted octanol–water partition coefficient (Wildman–Crippen LogP) is 6.06. The van der Waals surface area contributed by atoms with E-state index in [1.54, 1.807) is 29.0 Å². The third-order valence-electron chi connectivity index (χ3n) is 4.35. The van der Waals surface area contributed by atoms with Gasteiger partial charge in [0.1, 0.15) is 22.8 Å². The lowest BCUT2D eigenvalue weighted by Gasteiger charge is -2.06. The van der Waals surface area contributed by atoms with Crippen LogP contribution in [-0.4, -0.2) is 15.0 Å². The summed E-state index contributed by atoms with van der Waals surface area (Å²) in [5.74, 6) is 0.597. The Morgan fingerprint density at radius 3 is 2.32 bits per heavy atom. The summed E-state index contributed by atoms with van der Waals surface area (Å²) in [6.45, 7) is 0.375. The Bertz CT molecular complexity index is 1220. The van der Waals surface area contributed by atoms with E-state index in [0.29, 0.717) is 12.5 Å². The van der Waals surface area contributed by atoms with E-state index >= 15 is 0 Å². The molecule has 0 saturated carbocycles. The van der Waals surface area contributed by atoms with E-state index in [2.05, 4.69) is 39.6 Å². The summed E-state index contributed by atoms with van der Waals surface area (Å²) in [6, 6.07) is 20.4. The molecule has 0 saturated heterocycles. The molecule has 0 spiro atoms. The quantitative estimate of drug-likeness (QED) is 0.359. The fraction of sp³-hybridized carbons (Fsp3) is 0.0455. The van der Waals surface area contributed by atoms with Gasteiger partial charge >= 0.3 is 0 Å². The maximum absolute atomic E-state index is 6.07. The number of thiophene rings is 1. The summed E-state index contributed by atoms with van der Waals surface area (Å²) in [5, 5.41) is 6.09. The molecule has 0 radical (unpaired) electrons. The van der Waals surface area contributed by atoms with Gasteiger partial charge in [0, 0.05) is 21.9 Å². The number of hydrogen-bond acceptors (Lipinski definition) is 6. The van der Waals surface area contributed by atoms with Crippen molar-refractivity contribution in [1.29, 1.82) is 0 Å². The lowest BCUT2D eigenvalue weighted by Crippen LogP contribution is -1.99. The van der Waals surface area contributed by atoms with Crippen LogP contribution in [0.3, 0.4) is 0 Å². The molecular formula is C22H15N3OS2. The smallest absolute Gasteiger partial charge is 0.226 e. The van der Waals surface area contributed by atoms with E-state index in [9.17, 15) is 0 Å². The highest BCUT2D eigenvalue weighted by molar-refractivity contribution is 7.17. The zero-order valence-corrected chi connectivity index (χ0v) is 16.4. The van der Waals surface area contributed by atoms with E-state index < -0.39 is 0 Å². The molecule has 0 amide bonds. The number of ether oxygens (including phenoxy) is 1. The van der Waals surface area contributed by atoms with E-state index in [4.69, 9.17) is 9.72 Å². The Balaban J connectivity index is 1.43. The van der Waals surface area contributed by atoms with Crippen molar-refractivity contribution in [3.63, 3.8) is 0 Å². The van der Waals surface area contributed by atoms with E-state index in [-0.39, 0.29) is 0 Å². The molecule has 3 heterocycles. The van der Waals surface area contributed by atoms with Crippen LogP contribution < -0.4 is 4.74 Å². The van der Waals surface area contributed by atoms with Crippen molar-refractivity contribution in [2.45, 2.75) is 6.61 Å². The number of aromatic nitrogens is 3. The minimum absolute atomic E-state index is 0.375. The van der Waals surface area contributed by atoms with Crippen LogP contribution in [0.5, 0.6) is 5.88 Å². The van der Waals surface area contributed by atoms with Crippen LogP contribution in [0.2, 0.25) is 0 Å². The average Bonchev–Trinajstić information content (AvgIpc) is 3.41. The number of benzene rings is 2. The highest BCUT2D eigenvalue weighted by Crippen LogP contribution is 2.37. The van der Waals surface area contributed by atoms with Gasteiger partial charge in [-0.3, -0.25) is 0 Å². The minimum atomic E-state index is 0.375. The van der Waals surface area contributed by atoms with Crippen molar-refractivity contribution in [1.82, 2.24) is 15.0 Å². The highest BCUT2D eigenvalue weighted by Gasteiger charge is 2.15. The molecule has 136 valence electrons. The standard InChI is InChI=1S/C22H15N3OS2/c1-3-7-15(8-4-1)18-13-28-22-19(18)20(23-14-24-22)26-11-17-12-27-21(25-17)16-9-5-2-6-10-16/h1-10,12-14H,11H2. The zero-order valence-electron chi connectivity index (χ0n) is 14.8. The second-order valence-electron chi connectivity index (χ2n) is 6.17. The molecule has 28 heavy (non-hydrogen) atoms. The van der Waals surface area contributed by atoms with Crippen LogP contribution in [0.15, 0.2) is 77.8 Å². The molecule has 0 bridgehead atoms. The predicted molar refractivity (Wildman–Crippen MR) is 115 cm³/mol. The number of nitrogens with zero attached hydrogens (tertiary/aromatic N) is 3. The maximum atomic E-state index is 6.07. The monoisotopic (exact) mass is 401 g/mol. The van der Waals surface area contributed by atoms with Crippen LogP contribution in [0.1, 0.15) is 5.69 Å². The van der Waals surface area contributed by atoms with Crippen LogP contribution in [0.4, 0.5) is 0 Å². The van der Waals surface area contributed by atoms with Crippen LogP contribution in [0.25, 0.3) is 31.9 Å². The summed E-state index contributed by atoms with van der Waals surface area (Å²) in [4.78, 5) is 14.4. The zero-order chi connectivity index (χ0) is 18.8. The number of thiazole rings is 1. The van der Waals surface area contributed by atoms with Gasteiger partial charge in [-0.25, -0.2) is 15.0 Å². The highest BCUT2D eigenvalue weighted by atomic mass is 32.1. The Morgan fingerprint density at radius 1 is 0.786 bits per heavy atom. The molecule has 0 aliphatic carbocycles. The Kier molecular flexibility index (Phi) is 4.56. The average molecular weight is 402 g/mol. The van der Waals surface area contributed by atoms with Crippen LogP contribution >= 0.6 is 22.7 Å². The Hall–Kier alpha value is -3.09. The lowest BCUT2D eigenvalue weighted by atomic mass is 10.1. The molecule has 3 aromatic heterocycles. The first-order valence-electron chi connectivity index (χ1n) is 8.79. The first-order chi connectivity index (χ1) is 13.9. The molecule has 6 heteroatoms. The molecule has 0 fully saturated rings. The minimum Gasteiger partial charge on any atom is -0.471 e. The Labute approximate surface area is 170 Å². The first kappa shape index (κ1) is 17.0. The summed E-state index contributed by atoms with van der Waals surface area (Å²) >= 11 is 3.22. The first-order valence-corrected chi connectivity index (χ1v) is 10.5. The van der Waals surface area contributed by atoms with Gasteiger partial charge in [-0.2, -0.15) is 0 Å². The van der Waals surface area contributed by atoms with Crippen molar-refractivity contribution >= 4 is 32.9 Å². The van der Waals surface area contributed by atoms with E-state index in [1.165, 1.54) is 0 Å². The summed E-state index contributed by atoms with van der Waals surface area (Å²) in [7, 11) is 0. The molecule has 2 aromatic carbocycles. The molecule has 0 aliphatic rings. The molecule has 0 aliphatic heterocycles. The normalized spacial score (nSPS) is 11.0. The molecular weight excluding hydrogens is 386 g/mol. The van der Waals surface area contributed by atoms with Gasteiger partial charge in [-0.15, -0.1) is 22.7 Å². The number of hydrogen-bond donors (Lipinski definition) is 0. The molecule has 5 rings (SSSR count). The maximum Gasteiger partial charge on any atom is 0.226 e. The molecule has 5 aromatic rings. The van der Waals surface area contributed by atoms with Crippen LogP contribution in [-0.2, 0) is 6.61 Å². The summed E-state index contributed by atoms with van der Waals surface area (Å²) in [6.07, 6.45) is 1.55. The van der Waals surface area contributed by atoms with Gasteiger partial charge in [-0.1, -0.05) is 60.7 Å². The third-order valence-corrected chi connectivity index (χ3v) is 6.18. The van der Waals surface area contributed by atoms with Crippen molar-refractivity contribution in [2.75, 3.05) is 0 Å². The molecule has 0 atom stereocenters. The van der Waals surface area contributed by atoms with Gasteiger partial charge in [0.05, 0.1) is 11.1 Å². The topological polar surface area (TPSA) is 47.9 Å². The van der Waals surface area contributed by atoms with Gasteiger partial charge < -0.3 is 4.74 Å². The van der Waals surface area contributed by atoms with Crippen molar-refractivity contribution in [3.8, 4) is 27.6 Å². The second kappa shape index (κ2) is 7.50. The van der Waals surface area contributed by atoms with Crippen molar-refractivity contribution < 1.29 is 4.74 Å². The lowest BCUT2D eigenvalue weighted by molar-refractivity contribution is 0.294.